The van der Waals surface area contributed by atoms with Gasteiger partial charge in [0.25, 0.3) is 0 Å². The molecule has 0 unspecified atom stereocenters. The first-order valence-electron chi connectivity index (χ1n) is 3.07. The summed E-state index contributed by atoms with van der Waals surface area (Å²) in [5, 5.41) is 13.2. The van der Waals surface area contributed by atoms with E-state index in [9.17, 15) is 0 Å². The molecule has 2 heterocycles. The van der Waals surface area contributed by atoms with Crippen molar-refractivity contribution in [3.8, 4) is 0 Å². The topological polar surface area (TPSA) is 109 Å². The fourth-order valence-electron chi connectivity index (χ4n) is 0.723. The lowest BCUT2D eigenvalue weighted by Gasteiger charge is -2.04. The second-order valence-electron chi connectivity index (χ2n) is 2.04. The molecule has 8 heteroatoms. The predicted octanol–water partition coefficient (Wildman–Crippen LogP) is -0.711. The third-order valence-electron chi connectivity index (χ3n) is 1.19. The van der Waals surface area contributed by atoms with Crippen LogP contribution in [-0.2, 0) is 0 Å². The summed E-state index contributed by atoms with van der Waals surface area (Å²) in [6.45, 7) is 0. The van der Waals surface area contributed by atoms with Gasteiger partial charge in [0, 0.05) is 0 Å². The molecule has 0 atom stereocenters. The minimum atomic E-state index is 0.254. The van der Waals surface area contributed by atoms with E-state index in [1.54, 1.807) is 5.88 Å². The van der Waals surface area contributed by atoms with Crippen LogP contribution in [0.2, 0.25) is 0 Å². The van der Waals surface area contributed by atoms with E-state index in [1.165, 1.54) is 16.8 Å². The van der Waals surface area contributed by atoms with Crippen molar-refractivity contribution >= 4 is 28.8 Å². The summed E-state index contributed by atoms with van der Waals surface area (Å²) in [6, 6.07) is 0. The number of thioether (sulfide) groups is 1. The molecule has 1 aliphatic heterocycles. The number of aromatic amines is 1. The van der Waals surface area contributed by atoms with E-state index in [0.717, 1.165) is 0 Å². The molecule has 0 saturated carbocycles. The van der Waals surface area contributed by atoms with E-state index < -0.39 is 0 Å². The number of H-pyrrole nitrogens is 1. The summed E-state index contributed by atoms with van der Waals surface area (Å²) >= 11 is 1.31. The van der Waals surface area contributed by atoms with Crippen LogP contribution >= 0.6 is 11.8 Å². The number of anilines is 2. The number of amidine groups is 1. The molecule has 1 radical (unpaired) electrons. The average Bonchev–Trinajstić information content (AvgIpc) is 2.58. The van der Waals surface area contributed by atoms with Gasteiger partial charge in [-0.25, -0.2) is 5.01 Å². The molecular weight excluding hydrogens is 178 g/mol. The quantitative estimate of drug-likeness (QED) is 0.532. The van der Waals surface area contributed by atoms with Crippen molar-refractivity contribution in [3.05, 3.63) is 5.88 Å². The molecule has 1 aromatic rings. The van der Waals surface area contributed by atoms with Gasteiger partial charge in [0.1, 0.15) is 5.88 Å². The van der Waals surface area contributed by atoms with Crippen molar-refractivity contribution in [3.63, 3.8) is 0 Å². The summed E-state index contributed by atoms with van der Waals surface area (Å²) < 4.78 is 0. The Kier molecular flexibility index (Phi) is 1.54. The monoisotopic (exact) mass is 184 g/mol. The van der Waals surface area contributed by atoms with Crippen molar-refractivity contribution in [2.24, 2.45) is 10.8 Å². The third kappa shape index (κ3) is 1.16. The fourth-order valence-corrected chi connectivity index (χ4v) is 1.21. The number of aromatic nitrogens is 3. The van der Waals surface area contributed by atoms with Crippen molar-refractivity contribution < 1.29 is 0 Å². The van der Waals surface area contributed by atoms with Crippen LogP contribution in [0.3, 0.4) is 0 Å². The molecule has 2 rings (SSSR count). The van der Waals surface area contributed by atoms with Crippen LogP contribution < -0.4 is 16.5 Å². The second kappa shape index (κ2) is 2.55. The SMILES string of the molecule is NC1=NN(c2nnc(N)[nH]2)[CH]S1. The van der Waals surface area contributed by atoms with Crippen LogP contribution in [0.5, 0.6) is 0 Å². The number of nitrogens with two attached hydrogens (primary N) is 2. The van der Waals surface area contributed by atoms with Crippen LogP contribution in [0.15, 0.2) is 5.10 Å². The number of rotatable bonds is 1. The number of hydrogen-bond acceptors (Lipinski definition) is 7. The lowest BCUT2D eigenvalue weighted by molar-refractivity contribution is 0.970. The Bertz CT molecular complexity index is 317. The number of nitrogens with zero attached hydrogens (tertiary/aromatic N) is 4. The summed E-state index contributed by atoms with van der Waals surface area (Å²) in [6.07, 6.45) is 0. The average molecular weight is 184 g/mol. The highest BCUT2D eigenvalue weighted by Crippen LogP contribution is 2.23. The Balaban J connectivity index is 2.21. The normalized spacial score (nSPS) is 16.7. The lowest BCUT2D eigenvalue weighted by atomic mass is 10.9. The van der Waals surface area contributed by atoms with E-state index in [0.29, 0.717) is 11.1 Å². The molecule has 0 aliphatic carbocycles. The van der Waals surface area contributed by atoms with E-state index in [-0.39, 0.29) is 5.95 Å². The van der Waals surface area contributed by atoms with Crippen LogP contribution in [-0.4, -0.2) is 20.3 Å². The van der Waals surface area contributed by atoms with E-state index in [1.807, 2.05) is 0 Å². The van der Waals surface area contributed by atoms with Crippen LogP contribution in [0.4, 0.5) is 11.9 Å². The van der Waals surface area contributed by atoms with Gasteiger partial charge < -0.3 is 11.5 Å². The molecule has 0 fully saturated rings. The highest BCUT2D eigenvalue weighted by molar-refractivity contribution is 8.15. The first-order chi connectivity index (χ1) is 5.75. The number of nitrogen functional groups attached to an aromatic ring is 1. The molecule has 0 aromatic carbocycles. The number of hydrogen-bond donors (Lipinski definition) is 3. The molecule has 0 saturated heterocycles. The molecule has 5 N–H and O–H groups in total. The minimum absolute atomic E-state index is 0.254. The molecule has 12 heavy (non-hydrogen) atoms. The maximum absolute atomic E-state index is 5.42. The van der Waals surface area contributed by atoms with Gasteiger partial charge in [0.2, 0.25) is 11.9 Å². The van der Waals surface area contributed by atoms with Crippen molar-refractivity contribution in [2.45, 2.75) is 0 Å². The van der Waals surface area contributed by atoms with Crippen LogP contribution in [0.1, 0.15) is 0 Å². The summed E-state index contributed by atoms with van der Waals surface area (Å²) in [5.41, 5.74) is 10.7. The lowest BCUT2D eigenvalue weighted by Crippen LogP contribution is -2.09. The van der Waals surface area contributed by atoms with Gasteiger partial charge in [-0.05, 0) is 0 Å². The van der Waals surface area contributed by atoms with Gasteiger partial charge in [-0.3, -0.25) is 4.98 Å². The first-order valence-corrected chi connectivity index (χ1v) is 3.95. The zero-order chi connectivity index (χ0) is 8.55. The molecule has 0 bridgehead atoms. The Hall–Kier alpha value is -1.44. The Morgan fingerprint density at radius 3 is 2.75 bits per heavy atom. The summed E-state index contributed by atoms with van der Waals surface area (Å²) in [4.78, 5) is 2.71. The minimum Gasteiger partial charge on any atom is -0.377 e. The highest BCUT2D eigenvalue weighted by atomic mass is 32.2. The van der Waals surface area contributed by atoms with Gasteiger partial charge >= 0.3 is 0 Å². The summed E-state index contributed by atoms with van der Waals surface area (Å²) in [7, 11) is 0. The molecule has 1 aromatic heterocycles. The van der Waals surface area contributed by atoms with Gasteiger partial charge in [0.15, 0.2) is 5.17 Å². The standard InChI is InChI=1S/C4H6N7S/c5-2-7-4(9-8-2)11-1-12-3(6)10-11/h1H,(H2,6,10)(H3,5,7,8,9). The Labute approximate surface area is 72.2 Å². The van der Waals surface area contributed by atoms with Crippen LogP contribution in [0, 0.1) is 5.88 Å². The molecule has 63 valence electrons. The van der Waals surface area contributed by atoms with Gasteiger partial charge in [-0.2, -0.15) is 0 Å². The highest BCUT2D eigenvalue weighted by Gasteiger charge is 2.17. The smallest absolute Gasteiger partial charge is 0.247 e. The van der Waals surface area contributed by atoms with E-state index >= 15 is 0 Å². The van der Waals surface area contributed by atoms with Gasteiger partial charge in [-0.15, -0.1) is 15.3 Å². The van der Waals surface area contributed by atoms with Crippen molar-refractivity contribution in [2.75, 3.05) is 10.7 Å². The predicted molar refractivity (Wildman–Crippen MR) is 46.8 cm³/mol. The molecule has 0 amide bonds. The van der Waals surface area contributed by atoms with Crippen molar-refractivity contribution in [1.29, 1.82) is 0 Å². The second-order valence-corrected chi connectivity index (χ2v) is 2.90. The molecule has 1 aliphatic rings. The Morgan fingerprint density at radius 1 is 1.42 bits per heavy atom. The Morgan fingerprint density at radius 2 is 2.25 bits per heavy atom. The number of hydrazone groups is 1. The number of nitrogens with one attached hydrogen (secondary N) is 1. The zero-order valence-corrected chi connectivity index (χ0v) is 6.75. The maximum atomic E-state index is 5.42. The maximum Gasteiger partial charge on any atom is 0.247 e. The summed E-state index contributed by atoms with van der Waals surface area (Å²) in [5.74, 6) is 2.42. The largest absolute Gasteiger partial charge is 0.377 e. The molecular formula is C4H6N7S. The fraction of sp³-hybridized carbons (Fsp3) is 0. The zero-order valence-electron chi connectivity index (χ0n) is 5.93. The van der Waals surface area contributed by atoms with E-state index in [4.69, 9.17) is 11.5 Å². The van der Waals surface area contributed by atoms with Gasteiger partial charge in [-0.1, -0.05) is 11.8 Å². The molecule has 7 nitrogen and oxygen atoms in total. The van der Waals surface area contributed by atoms with Gasteiger partial charge in [0.05, 0.1) is 0 Å². The first kappa shape index (κ1) is 7.22. The molecule has 0 spiro atoms. The van der Waals surface area contributed by atoms with E-state index in [2.05, 4.69) is 20.3 Å². The van der Waals surface area contributed by atoms with Crippen molar-refractivity contribution in [1.82, 2.24) is 15.2 Å². The van der Waals surface area contributed by atoms with Crippen LogP contribution in [0.25, 0.3) is 0 Å². The third-order valence-corrected chi connectivity index (χ3v) is 1.82.